The first kappa shape index (κ1) is 25.8. The summed E-state index contributed by atoms with van der Waals surface area (Å²) in [6.07, 6.45) is 4.50. The number of aliphatic imine (C=N–C) groups is 1. The van der Waals surface area contributed by atoms with E-state index in [-0.39, 0.29) is 12.1 Å². The Hall–Kier alpha value is -2.83. The second kappa shape index (κ2) is 12.0. The van der Waals surface area contributed by atoms with Gasteiger partial charge in [-0.3, -0.25) is 4.99 Å². The van der Waals surface area contributed by atoms with Crippen molar-refractivity contribution in [3.63, 3.8) is 0 Å². The first-order valence-corrected chi connectivity index (χ1v) is 12.3. The average molecular weight is 479 g/mol. The van der Waals surface area contributed by atoms with Crippen molar-refractivity contribution >= 4 is 23.7 Å². The monoisotopic (exact) mass is 478 g/mol. The van der Waals surface area contributed by atoms with Crippen LogP contribution in [0, 0.1) is 20.8 Å². The third-order valence-corrected chi connectivity index (χ3v) is 6.37. The van der Waals surface area contributed by atoms with Crippen LogP contribution in [0.5, 0.6) is 0 Å². The van der Waals surface area contributed by atoms with E-state index in [0.717, 1.165) is 42.2 Å². The number of halogens is 1. The highest BCUT2D eigenvalue weighted by Crippen LogP contribution is 2.29. The molecule has 2 aromatic carbocycles. The average Bonchev–Trinajstić information content (AvgIpc) is 2.79. The van der Waals surface area contributed by atoms with Crippen LogP contribution in [-0.4, -0.2) is 42.8 Å². The number of nitrogens with zero attached hydrogens (tertiary/aromatic N) is 3. The van der Waals surface area contributed by atoms with Crippen LogP contribution in [0.1, 0.15) is 34.2 Å². The van der Waals surface area contributed by atoms with E-state index >= 15 is 0 Å². The molecule has 0 unspecified atom stereocenters. The van der Waals surface area contributed by atoms with Gasteiger partial charge in [0.25, 0.3) is 0 Å². The van der Waals surface area contributed by atoms with Crippen molar-refractivity contribution in [3.8, 4) is 0 Å². The Morgan fingerprint density at radius 3 is 2.53 bits per heavy atom. The molecule has 4 nitrogen and oxygen atoms in total. The second-order valence-corrected chi connectivity index (χ2v) is 9.47. The standard InChI is InChI=1S/C28H35FN4S/c1-7-26(34-29)28-31-25(24-12-9-8-11-22(24)4)18-27(33(28)6)30-13-10-14-32(5)19-23-16-20(2)15-21(3)17-23/h7-9,11-12,15-18,31H,1,10,13-14,19H2,2-6H3/b28-26+,30-27?. The molecule has 0 aromatic heterocycles. The van der Waals surface area contributed by atoms with E-state index in [4.69, 9.17) is 4.99 Å². The van der Waals surface area contributed by atoms with Crippen molar-refractivity contribution in [1.82, 2.24) is 15.1 Å². The van der Waals surface area contributed by atoms with Gasteiger partial charge in [0.15, 0.2) is 0 Å². The maximum atomic E-state index is 13.6. The van der Waals surface area contributed by atoms with Gasteiger partial charge in [0.05, 0.1) is 22.8 Å². The van der Waals surface area contributed by atoms with E-state index in [1.807, 2.05) is 30.2 Å². The summed E-state index contributed by atoms with van der Waals surface area (Å²) in [6.45, 7) is 12.7. The smallest absolute Gasteiger partial charge is 0.130 e. The molecule has 0 fully saturated rings. The van der Waals surface area contributed by atoms with Crippen molar-refractivity contribution in [2.45, 2.75) is 33.7 Å². The van der Waals surface area contributed by atoms with E-state index in [0.29, 0.717) is 17.3 Å². The third-order valence-electron chi connectivity index (χ3n) is 5.85. The third kappa shape index (κ3) is 6.61. The molecule has 0 spiro atoms. The summed E-state index contributed by atoms with van der Waals surface area (Å²) in [6, 6.07) is 14.9. The molecule has 0 saturated carbocycles. The maximum absolute atomic E-state index is 13.6. The summed E-state index contributed by atoms with van der Waals surface area (Å²) in [7, 11) is 4.05. The van der Waals surface area contributed by atoms with Crippen LogP contribution in [0.3, 0.4) is 0 Å². The Morgan fingerprint density at radius 2 is 1.88 bits per heavy atom. The van der Waals surface area contributed by atoms with Gasteiger partial charge < -0.3 is 15.1 Å². The van der Waals surface area contributed by atoms with Crippen LogP contribution >= 0.6 is 12.1 Å². The highest BCUT2D eigenvalue weighted by atomic mass is 32.2. The zero-order valence-electron chi connectivity index (χ0n) is 20.9. The Morgan fingerprint density at radius 1 is 1.18 bits per heavy atom. The zero-order valence-corrected chi connectivity index (χ0v) is 21.7. The predicted molar refractivity (Wildman–Crippen MR) is 145 cm³/mol. The summed E-state index contributed by atoms with van der Waals surface area (Å²) >= 11 is 0.187. The first-order valence-electron chi connectivity index (χ1n) is 11.6. The van der Waals surface area contributed by atoms with Crippen molar-refractivity contribution in [3.05, 3.63) is 99.7 Å². The Kier molecular flexibility index (Phi) is 9.13. The van der Waals surface area contributed by atoms with E-state index in [1.54, 1.807) is 0 Å². The summed E-state index contributed by atoms with van der Waals surface area (Å²) in [5.41, 5.74) is 7.06. The molecule has 34 heavy (non-hydrogen) atoms. The lowest BCUT2D eigenvalue weighted by Gasteiger charge is -2.31. The molecule has 1 aliphatic heterocycles. The summed E-state index contributed by atoms with van der Waals surface area (Å²) in [4.78, 5) is 9.53. The molecule has 0 bridgehead atoms. The first-order chi connectivity index (χ1) is 16.3. The maximum Gasteiger partial charge on any atom is 0.130 e. The van der Waals surface area contributed by atoms with Crippen molar-refractivity contribution in [2.24, 2.45) is 4.99 Å². The van der Waals surface area contributed by atoms with Gasteiger partial charge in [-0.05, 0) is 58.0 Å². The minimum atomic E-state index is 0.187. The predicted octanol–water partition coefficient (Wildman–Crippen LogP) is 6.38. The molecule has 0 saturated heterocycles. The molecule has 0 amide bonds. The molecule has 2 aromatic rings. The minimum Gasteiger partial charge on any atom is -0.340 e. The summed E-state index contributed by atoms with van der Waals surface area (Å²) in [5, 5.41) is 3.38. The van der Waals surface area contributed by atoms with E-state index in [1.165, 1.54) is 22.8 Å². The van der Waals surface area contributed by atoms with Crippen LogP contribution in [-0.2, 0) is 6.54 Å². The number of likely N-dealkylation sites (N-methyl/N-ethyl adjacent to an activating group) is 1. The molecule has 1 aliphatic rings. The number of hydrogen-bond donors (Lipinski definition) is 1. The van der Waals surface area contributed by atoms with Crippen LogP contribution in [0.4, 0.5) is 3.89 Å². The molecule has 0 radical (unpaired) electrons. The number of allylic oxidation sites excluding steroid dienone is 1. The fraction of sp³-hybridized carbons (Fsp3) is 0.321. The Bertz CT molecular complexity index is 1100. The largest absolute Gasteiger partial charge is 0.340 e. The number of hydrogen-bond acceptors (Lipinski definition) is 4. The quantitative estimate of drug-likeness (QED) is 0.424. The molecule has 0 atom stereocenters. The molecule has 1 N–H and O–H groups in total. The SMILES string of the molecule is C=C/C(SF)=C1/NC(c2ccccc2C)=CC(=NCCCN(C)Cc2cc(C)cc(C)c2)N1C. The second-order valence-electron chi connectivity index (χ2n) is 8.88. The summed E-state index contributed by atoms with van der Waals surface area (Å²) < 4.78 is 13.6. The fourth-order valence-corrected chi connectivity index (χ4v) is 4.56. The normalized spacial score (nSPS) is 16.5. The van der Waals surface area contributed by atoms with Gasteiger partial charge in [0, 0.05) is 31.8 Å². The van der Waals surface area contributed by atoms with Crippen molar-refractivity contribution in [1.29, 1.82) is 0 Å². The van der Waals surface area contributed by atoms with Crippen LogP contribution in [0.15, 0.2) is 76.9 Å². The lowest BCUT2D eigenvalue weighted by Crippen LogP contribution is -2.38. The number of benzene rings is 2. The summed E-state index contributed by atoms with van der Waals surface area (Å²) in [5.74, 6) is 1.45. The highest BCUT2D eigenvalue weighted by Gasteiger charge is 2.22. The molecule has 6 heteroatoms. The van der Waals surface area contributed by atoms with Crippen molar-refractivity contribution < 1.29 is 3.89 Å². The number of rotatable bonds is 9. The molecule has 1 heterocycles. The minimum absolute atomic E-state index is 0.187. The lowest BCUT2D eigenvalue weighted by molar-refractivity contribution is 0.324. The van der Waals surface area contributed by atoms with Crippen molar-refractivity contribution in [2.75, 3.05) is 27.2 Å². The molecular formula is C28H35FN4S. The van der Waals surface area contributed by atoms with Crippen LogP contribution in [0.25, 0.3) is 5.70 Å². The van der Waals surface area contributed by atoms with Gasteiger partial charge in [0.2, 0.25) is 0 Å². The van der Waals surface area contributed by atoms with Crippen LogP contribution < -0.4 is 5.32 Å². The Labute approximate surface area is 208 Å². The van der Waals surface area contributed by atoms with Gasteiger partial charge in [-0.2, -0.15) is 3.89 Å². The van der Waals surface area contributed by atoms with Gasteiger partial charge >= 0.3 is 0 Å². The van der Waals surface area contributed by atoms with Gasteiger partial charge in [-0.15, -0.1) is 0 Å². The van der Waals surface area contributed by atoms with Crippen LogP contribution in [0.2, 0.25) is 0 Å². The number of aryl methyl sites for hydroxylation is 3. The molecule has 180 valence electrons. The van der Waals surface area contributed by atoms with Gasteiger partial charge in [-0.25, -0.2) is 0 Å². The molecule has 3 rings (SSSR count). The van der Waals surface area contributed by atoms with Gasteiger partial charge in [0.1, 0.15) is 11.7 Å². The number of amidine groups is 1. The van der Waals surface area contributed by atoms with E-state index < -0.39 is 0 Å². The zero-order chi connectivity index (χ0) is 24.7. The molecule has 0 aliphatic carbocycles. The van der Waals surface area contributed by atoms with Gasteiger partial charge in [-0.1, -0.05) is 60.2 Å². The van der Waals surface area contributed by atoms with E-state index in [2.05, 4.69) is 74.9 Å². The lowest BCUT2D eigenvalue weighted by atomic mass is 10.0. The topological polar surface area (TPSA) is 30.9 Å². The Balaban J connectivity index is 1.74. The number of nitrogens with one attached hydrogen (secondary N) is 1. The fourth-order valence-electron chi connectivity index (χ4n) is 4.24. The molecular weight excluding hydrogens is 443 g/mol. The van der Waals surface area contributed by atoms with E-state index in [9.17, 15) is 3.89 Å². The highest BCUT2D eigenvalue weighted by molar-refractivity contribution is 7.98.